The topological polar surface area (TPSA) is 152 Å². The van der Waals surface area contributed by atoms with E-state index >= 15 is 0 Å². The number of hydrogen-bond acceptors (Lipinski definition) is 7. The number of aldehydes is 1. The lowest BCUT2D eigenvalue weighted by atomic mass is 9.84. The average Bonchev–Trinajstić information content (AvgIpc) is 3.37. The van der Waals surface area contributed by atoms with Crippen LogP contribution in [0.4, 0.5) is 4.79 Å². The first-order chi connectivity index (χ1) is 20.8. The summed E-state index contributed by atoms with van der Waals surface area (Å²) >= 11 is 6.03. The number of amides is 4. The smallest absolute Gasteiger partial charge is 0.408 e. The van der Waals surface area contributed by atoms with Gasteiger partial charge in [-0.05, 0) is 70.6 Å². The van der Waals surface area contributed by atoms with Crippen LogP contribution < -0.4 is 21.3 Å². The van der Waals surface area contributed by atoms with Crippen LogP contribution in [-0.2, 0) is 35.3 Å². The SMILES string of the molecule is C[C@H](OC(C)(C)C)[C@H](NC(=O)OCc1cccc(Cl)c1)C(=O)N[C@@H](CC1CCCCC1)C(=O)N[C@H](C=O)C[C@@H]1CCNC1=O. The number of carbonyl (C=O) groups is 5. The first-order valence-electron chi connectivity index (χ1n) is 15.5. The van der Waals surface area contributed by atoms with Crippen molar-refractivity contribution in [3.05, 3.63) is 34.9 Å². The fourth-order valence-corrected chi connectivity index (χ4v) is 6.04. The maximum Gasteiger partial charge on any atom is 0.408 e. The quantitative estimate of drug-likeness (QED) is 0.227. The molecule has 1 saturated carbocycles. The van der Waals surface area contributed by atoms with Crippen molar-refractivity contribution in [2.75, 3.05) is 6.54 Å². The summed E-state index contributed by atoms with van der Waals surface area (Å²) in [5, 5.41) is 11.4. The minimum absolute atomic E-state index is 0.0615. The Balaban J connectivity index is 1.74. The van der Waals surface area contributed by atoms with Crippen molar-refractivity contribution < 1.29 is 33.4 Å². The third-order valence-electron chi connectivity index (χ3n) is 7.94. The van der Waals surface area contributed by atoms with E-state index in [2.05, 4.69) is 21.3 Å². The predicted molar refractivity (Wildman–Crippen MR) is 166 cm³/mol. The summed E-state index contributed by atoms with van der Waals surface area (Å²) in [6, 6.07) is 3.86. The van der Waals surface area contributed by atoms with E-state index in [0.717, 1.165) is 32.1 Å². The zero-order valence-electron chi connectivity index (χ0n) is 26.2. The molecule has 0 radical (unpaired) electrons. The summed E-state index contributed by atoms with van der Waals surface area (Å²) in [5.41, 5.74) is 0.0454. The molecule has 44 heavy (non-hydrogen) atoms. The molecule has 0 spiro atoms. The fourth-order valence-electron chi connectivity index (χ4n) is 5.82. The normalized spacial score (nSPS) is 20.0. The van der Waals surface area contributed by atoms with Gasteiger partial charge in [0.05, 0.1) is 17.7 Å². The minimum Gasteiger partial charge on any atom is -0.445 e. The van der Waals surface area contributed by atoms with Gasteiger partial charge in [0, 0.05) is 17.5 Å². The van der Waals surface area contributed by atoms with Crippen LogP contribution in [0, 0.1) is 11.8 Å². The monoisotopic (exact) mass is 634 g/mol. The van der Waals surface area contributed by atoms with Gasteiger partial charge in [-0.2, -0.15) is 0 Å². The molecule has 244 valence electrons. The molecule has 0 aromatic heterocycles. The second-order valence-corrected chi connectivity index (χ2v) is 13.3. The molecule has 3 rings (SSSR count). The van der Waals surface area contributed by atoms with Crippen LogP contribution >= 0.6 is 11.6 Å². The molecule has 1 heterocycles. The Hall–Kier alpha value is -3.18. The van der Waals surface area contributed by atoms with Gasteiger partial charge in [0.25, 0.3) is 0 Å². The summed E-state index contributed by atoms with van der Waals surface area (Å²) in [4.78, 5) is 64.1. The molecule has 1 aliphatic heterocycles. The van der Waals surface area contributed by atoms with Crippen LogP contribution in [0.15, 0.2) is 24.3 Å². The Labute approximate surface area is 264 Å². The van der Waals surface area contributed by atoms with Gasteiger partial charge in [-0.15, -0.1) is 0 Å². The van der Waals surface area contributed by atoms with E-state index in [0.29, 0.717) is 36.3 Å². The number of rotatable bonds is 14. The second kappa shape index (κ2) is 16.8. The third-order valence-corrected chi connectivity index (χ3v) is 8.18. The molecule has 1 aliphatic carbocycles. The maximum absolute atomic E-state index is 13.8. The van der Waals surface area contributed by atoms with Gasteiger partial charge in [-0.3, -0.25) is 14.4 Å². The van der Waals surface area contributed by atoms with Crippen molar-refractivity contribution in [3.8, 4) is 0 Å². The number of alkyl carbamates (subject to hydrolysis) is 1. The molecule has 1 aromatic rings. The molecular formula is C32H47ClN4O7. The highest BCUT2D eigenvalue weighted by Crippen LogP contribution is 2.28. The second-order valence-electron chi connectivity index (χ2n) is 12.8. The van der Waals surface area contributed by atoms with Gasteiger partial charge in [0.1, 0.15) is 25.0 Å². The molecule has 12 heteroatoms. The summed E-state index contributed by atoms with van der Waals surface area (Å²) in [6.45, 7) is 7.64. The van der Waals surface area contributed by atoms with E-state index in [4.69, 9.17) is 21.1 Å². The zero-order valence-corrected chi connectivity index (χ0v) is 26.9. The van der Waals surface area contributed by atoms with Crippen LogP contribution in [0.1, 0.15) is 84.6 Å². The molecule has 0 unspecified atom stereocenters. The zero-order chi connectivity index (χ0) is 32.3. The number of hydrogen-bond donors (Lipinski definition) is 4. The van der Waals surface area contributed by atoms with E-state index in [1.54, 1.807) is 31.2 Å². The molecule has 2 fully saturated rings. The van der Waals surface area contributed by atoms with Crippen LogP contribution in [0.3, 0.4) is 0 Å². The van der Waals surface area contributed by atoms with Crippen molar-refractivity contribution in [2.24, 2.45) is 11.8 Å². The Kier molecular flexibility index (Phi) is 13.5. The van der Waals surface area contributed by atoms with E-state index in [1.807, 2.05) is 20.8 Å². The van der Waals surface area contributed by atoms with Crippen molar-refractivity contribution in [1.29, 1.82) is 0 Å². The van der Waals surface area contributed by atoms with Gasteiger partial charge < -0.3 is 35.5 Å². The highest BCUT2D eigenvalue weighted by molar-refractivity contribution is 6.30. The van der Waals surface area contributed by atoms with Crippen molar-refractivity contribution in [3.63, 3.8) is 0 Å². The van der Waals surface area contributed by atoms with Crippen LogP contribution in [0.5, 0.6) is 0 Å². The fraction of sp³-hybridized carbons (Fsp3) is 0.656. The highest BCUT2D eigenvalue weighted by atomic mass is 35.5. The van der Waals surface area contributed by atoms with E-state index < -0.39 is 47.7 Å². The van der Waals surface area contributed by atoms with Crippen LogP contribution in [0.25, 0.3) is 0 Å². The lowest BCUT2D eigenvalue weighted by Gasteiger charge is -2.32. The van der Waals surface area contributed by atoms with Gasteiger partial charge in [0.2, 0.25) is 17.7 Å². The van der Waals surface area contributed by atoms with Crippen molar-refractivity contribution in [1.82, 2.24) is 21.3 Å². The predicted octanol–water partition coefficient (Wildman–Crippen LogP) is 3.80. The van der Waals surface area contributed by atoms with E-state index in [9.17, 15) is 24.0 Å². The molecule has 1 saturated heterocycles. The van der Waals surface area contributed by atoms with E-state index in [1.165, 1.54) is 0 Å². The number of ether oxygens (including phenoxy) is 2. The van der Waals surface area contributed by atoms with Gasteiger partial charge >= 0.3 is 6.09 Å². The summed E-state index contributed by atoms with van der Waals surface area (Å²) in [6.07, 6.45) is 5.24. The van der Waals surface area contributed by atoms with Crippen molar-refractivity contribution >= 4 is 41.7 Å². The van der Waals surface area contributed by atoms with Gasteiger partial charge in [-0.1, -0.05) is 55.8 Å². The minimum atomic E-state index is -1.19. The standard InChI is InChI=1S/C32H47ClN4O7/c1-20(44-32(2,3)4)27(37-31(42)43-19-22-11-8-12-24(33)15-22)30(41)36-26(16-21-9-6-5-7-10-21)29(40)35-25(18-38)17-23-13-14-34-28(23)39/h8,11-12,15,18,20-21,23,25-27H,5-7,9-10,13-14,16-17,19H2,1-4H3,(H,34,39)(H,35,40)(H,36,41)(H,37,42)/t20-,23-,25-,26-,27-/m0/s1. The lowest BCUT2D eigenvalue weighted by Crippen LogP contribution is -2.59. The molecule has 5 atom stereocenters. The molecule has 4 N–H and O–H groups in total. The Morgan fingerprint density at radius 2 is 1.77 bits per heavy atom. The molecule has 2 aliphatic rings. The largest absolute Gasteiger partial charge is 0.445 e. The Morgan fingerprint density at radius 1 is 1.05 bits per heavy atom. The van der Waals surface area contributed by atoms with Gasteiger partial charge in [0.15, 0.2) is 0 Å². The van der Waals surface area contributed by atoms with E-state index in [-0.39, 0.29) is 30.8 Å². The number of benzene rings is 1. The summed E-state index contributed by atoms with van der Waals surface area (Å²) in [7, 11) is 0. The highest BCUT2D eigenvalue weighted by Gasteiger charge is 2.36. The molecule has 4 amide bonds. The molecule has 11 nitrogen and oxygen atoms in total. The molecular weight excluding hydrogens is 588 g/mol. The molecule has 1 aromatic carbocycles. The molecule has 0 bridgehead atoms. The van der Waals surface area contributed by atoms with Gasteiger partial charge in [-0.25, -0.2) is 4.79 Å². The third kappa shape index (κ3) is 11.7. The number of nitrogens with one attached hydrogen (secondary N) is 4. The van der Waals surface area contributed by atoms with Crippen LogP contribution in [-0.4, -0.2) is 66.5 Å². The summed E-state index contributed by atoms with van der Waals surface area (Å²) < 4.78 is 11.4. The van der Waals surface area contributed by atoms with Crippen LogP contribution in [0.2, 0.25) is 5.02 Å². The first-order valence-corrected chi connectivity index (χ1v) is 15.9. The maximum atomic E-state index is 13.8. The number of halogens is 1. The lowest BCUT2D eigenvalue weighted by molar-refractivity contribution is -0.136. The first kappa shape index (κ1) is 35.3. The Bertz CT molecular complexity index is 1150. The average molecular weight is 635 g/mol. The summed E-state index contributed by atoms with van der Waals surface area (Å²) in [5.74, 6) is -1.41. The Morgan fingerprint density at radius 3 is 2.39 bits per heavy atom. The number of carbonyl (C=O) groups excluding carboxylic acids is 5. The van der Waals surface area contributed by atoms with Crippen molar-refractivity contribution in [2.45, 2.75) is 115 Å².